The van der Waals surface area contributed by atoms with E-state index in [0.29, 0.717) is 22.7 Å². The molecule has 0 unspecified atom stereocenters. The maximum Gasteiger partial charge on any atom is 0.190 e. The Hall–Kier alpha value is -3.45. The molecule has 2 heterocycles. The lowest BCUT2D eigenvalue weighted by atomic mass is 10.1. The molecule has 0 aliphatic rings. The van der Waals surface area contributed by atoms with Gasteiger partial charge in [0.15, 0.2) is 10.5 Å². The summed E-state index contributed by atoms with van der Waals surface area (Å²) in [6.45, 7) is 1.95. The van der Waals surface area contributed by atoms with E-state index in [4.69, 9.17) is 5.73 Å². The van der Waals surface area contributed by atoms with Crippen LogP contribution >= 0.6 is 11.3 Å². The van der Waals surface area contributed by atoms with E-state index in [2.05, 4.69) is 25.2 Å². The summed E-state index contributed by atoms with van der Waals surface area (Å²) in [6.07, 6.45) is 0. The molecule has 2 N–H and O–H groups in total. The highest BCUT2D eigenvalue weighted by Gasteiger charge is 2.08. The Morgan fingerprint density at radius 1 is 0.889 bits per heavy atom. The molecule has 3 aromatic carbocycles. The van der Waals surface area contributed by atoms with E-state index in [0.717, 1.165) is 31.6 Å². The van der Waals surface area contributed by atoms with Crippen LogP contribution in [0, 0.1) is 6.92 Å². The summed E-state index contributed by atoms with van der Waals surface area (Å²) < 4.78 is 0. The van der Waals surface area contributed by atoms with Crippen molar-refractivity contribution in [2.24, 2.45) is 10.2 Å². The number of nitrogen functional groups attached to an aromatic ring is 1. The number of nitrogens with zero attached hydrogens (tertiary/aromatic N) is 5. The number of thiazole rings is 1. The number of benzene rings is 3. The zero-order chi connectivity index (χ0) is 18.4. The zero-order valence-corrected chi connectivity index (χ0v) is 15.2. The number of fused-ring (bicyclic) bond motifs is 3. The summed E-state index contributed by atoms with van der Waals surface area (Å²) in [5.41, 5.74) is 10.3. The van der Waals surface area contributed by atoms with Gasteiger partial charge < -0.3 is 5.73 Å². The van der Waals surface area contributed by atoms with Crippen molar-refractivity contribution in [3.8, 4) is 0 Å². The van der Waals surface area contributed by atoms with Crippen LogP contribution < -0.4 is 5.73 Å². The number of azo groups is 1. The molecule has 7 heteroatoms. The fraction of sp³-hybridized carbons (Fsp3) is 0.0500. The first-order valence-electron chi connectivity index (χ1n) is 8.41. The number of rotatable bonds is 2. The van der Waals surface area contributed by atoms with Crippen molar-refractivity contribution in [3.63, 3.8) is 0 Å². The quantitative estimate of drug-likeness (QED) is 0.319. The Morgan fingerprint density at radius 2 is 1.78 bits per heavy atom. The molecule has 0 atom stereocenters. The lowest BCUT2D eigenvalue weighted by molar-refractivity contribution is 1.24. The van der Waals surface area contributed by atoms with Crippen molar-refractivity contribution in [1.82, 2.24) is 15.0 Å². The van der Waals surface area contributed by atoms with Crippen molar-refractivity contribution in [2.75, 3.05) is 5.73 Å². The molecular formula is C20H14N6S. The summed E-state index contributed by atoms with van der Waals surface area (Å²) in [4.78, 5) is 14.5. The van der Waals surface area contributed by atoms with Gasteiger partial charge in [0.05, 0.1) is 27.4 Å². The number of hydrogen-bond acceptors (Lipinski definition) is 7. The molecule has 0 aliphatic carbocycles. The Kier molecular flexibility index (Phi) is 3.54. The van der Waals surface area contributed by atoms with Crippen LogP contribution in [0.1, 0.15) is 5.01 Å². The summed E-state index contributed by atoms with van der Waals surface area (Å²) in [6, 6.07) is 17.4. The first kappa shape index (κ1) is 15.8. The van der Waals surface area contributed by atoms with E-state index in [1.807, 2.05) is 61.5 Å². The van der Waals surface area contributed by atoms with Crippen LogP contribution in [0.4, 0.5) is 17.1 Å². The summed E-state index contributed by atoms with van der Waals surface area (Å²) in [5, 5.41) is 11.8. The molecule has 0 radical (unpaired) electrons. The van der Waals surface area contributed by atoms with Crippen molar-refractivity contribution in [2.45, 2.75) is 6.92 Å². The van der Waals surface area contributed by atoms with Gasteiger partial charge in [-0.2, -0.15) is 5.11 Å². The Balaban J connectivity index is 1.60. The second-order valence-electron chi connectivity index (χ2n) is 6.18. The highest BCUT2D eigenvalue weighted by Crippen LogP contribution is 2.33. The lowest BCUT2D eigenvalue weighted by Crippen LogP contribution is -1.86. The van der Waals surface area contributed by atoms with Crippen LogP contribution in [0.5, 0.6) is 0 Å². The molecule has 0 fully saturated rings. The summed E-state index contributed by atoms with van der Waals surface area (Å²) in [7, 11) is 0. The Labute approximate surface area is 158 Å². The van der Waals surface area contributed by atoms with Gasteiger partial charge in [-0.1, -0.05) is 41.7 Å². The third kappa shape index (κ3) is 2.78. The number of aryl methyl sites for hydroxylation is 1. The molecule has 2 aromatic heterocycles. The van der Waals surface area contributed by atoms with E-state index < -0.39 is 0 Å². The van der Waals surface area contributed by atoms with Gasteiger partial charge in [-0.3, -0.25) is 0 Å². The summed E-state index contributed by atoms with van der Waals surface area (Å²) >= 11 is 1.54. The van der Waals surface area contributed by atoms with Gasteiger partial charge in [0, 0.05) is 5.39 Å². The first-order chi connectivity index (χ1) is 13.2. The van der Waals surface area contributed by atoms with Gasteiger partial charge in [0.1, 0.15) is 5.69 Å². The fourth-order valence-corrected chi connectivity index (χ4v) is 3.76. The minimum absolute atomic E-state index is 0.595. The standard InChI is InChI=1S/C20H14N6S/c1-11-22-19-20(27-11)24-16-9-7-13(10-17(16)23-19)25-26-18-14-5-3-2-4-12(14)6-8-15(18)21/h2-10H,21H2,1H3. The monoisotopic (exact) mass is 370 g/mol. The highest BCUT2D eigenvalue weighted by atomic mass is 32.1. The predicted molar refractivity (Wildman–Crippen MR) is 110 cm³/mol. The third-order valence-corrected chi connectivity index (χ3v) is 5.16. The number of aromatic nitrogens is 3. The van der Waals surface area contributed by atoms with Crippen molar-refractivity contribution in [1.29, 1.82) is 0 Å². The lowest BCUT2D eigenvalue weighted by Gasteiger charge is -2.04. The normalized spacial score (nSPS) is 11.9. The average Bonchev–Trinajstić information content (AvgIpc) is 3.04. The minimum atomic E-state index is 0.595. The topological polar surface area (TPSA) is 89.4 Å². The van der Waals surface area contributed by atoms with E-state index in [1.165, 1.54) is 0 Å². The van der Waals surface area contributed by atoms with Crippen molar-refractivity contribution >= 4 is 60.7 Å². The van der Waals surface area contributed by atoms with Crippen LogP contribution in [0.3, 0.4) is 0 Å². The largest absolute Gasteiger partial charge is 0.397 e. The van der Waals surface area contributed by atoms with Crippen LogP contribution in [-0.4, -0.2) is 15.0 Å². The number of anilines is 1. The predicted octanol–water partition coefficient (Wildman–Crippen LogP) is 5.70. The first-order valence-corrected chi connectivity index (χ1v) is 9.23. The fourth-order valence-electron chi connectivity index (χ4n) is 3.02. The molecule has 0 saturated heterocycles. The van der Waals surface area contributed by atoms with Gasteiger partial charge in [-0.15, -0.1) is 5.11 Å². The zero-order valence-electron chi connectivity index (χ0n) is 14.4. The third-order valence-electron chi connectivity index (χ3n) is 4.30. The molecule has 6 nitrogen and oxygen atoms in total. The molecule has 0 bridgehead atoms. The van der Waals surface area contributed by atoms with Gasteiger partial charge in [-0.05, 0) is 36.6 Å². The Morgan fingerprint density at radius 3 is 2.70 bits per heavy atom. The van der Waals surface area contributed by atoms with E-state index in [9.17, 15) is 0 Å². The maximum atomic E-state index is 6.12. The summed E-state index contributed by atoms with van der Waals surface area (Å²) in [5.74, 6) is 0. The smallest absolute Gasteiger partial charge is 0.190 e. The van der Waals surface area contributed by atoms with Gasteiger partial charge in [0.2, 0.25) is 0 Å². The second-order valence-corrected chi connectivity index (χ2v) is 7.36. The molecule has 5 aromatic rings. The molecule has 0 saturated carbocycles. The van der Waals surface area contributed by atoms with Crippen molar-refractivity contribution in [3.05, 3.63) is 59.6 Å². The molecule has 130 valence electrons. The van der Waals surface area contributed by atoms with Gasteiger partial charge in [-0.25, -0.2) is 15.0 Å². The highest BCUT2D eigenvalue weighted by molar-refractivity contribution is 7.18. The van der Waals surface area contributed by atoms with Crippen LogP contribution in [-0.2, 0) is 0 Å². The molecular weight excluding hydrogens is 356 g/mol. The SMILES string of the molecule is Cc1nc2nc3cc(N=Nc4c(N)ccc5ccccc45)ccc3nc2s1. The Bertz CT molecular complexity index is 1360. The molecule has 0 spiro atoms. The van der Waals surface area contributed by atoms with E-state index >= 15 is 0 Å². The second kappa shape index (κ2) is 6.07. The molecule has 5 rings (SSSR count). The van der Waals surface area contributed by atoms with Gasteiger partial charge >= 0.3 is 0 Å². The van der Waals surface area contributed by atoms with Crippen molar-refractivity contribution < 1.29 is 0 Å². The molecule has 27 heavy (non-hydrogen) atoms. The molecule has 0 aliphatic heterocycles. The average molecular weight is 370 g/mol. The molecule has 0 amide bonds. The van der Waals surface area contributed by atoms with Crippen LogP contribution in [0.15, 0.2) is 64.8 Å². The van der Waals surface area contributed by atoms with Crippen LogP contribution in [0.2, 0.25) is 0 Å². The number of nitrogens with two attached hydrogens (primary N) is 1. The van der Waals surface area contributed by atoms with Gasteiger partial charge in [0.25, 0.3) is 0 Å². The minimum Gasteiger partial charge on any atom is -0.397 e. The number of hydrogen-bond donors (Lipinski definition) is 1. The van der Waals surface area contributed by atoms with E-state index in [-0.39, 0.29) is 0 Å². The maximum absolute atomic E-state index is 6.12. The van der Waals surface area contributed by atoms with E-state index in [1.54, 1.807) is 11.3 Å². The van der Waals surface area contributed by atoms with Crippen LogP contribution in [0.25, 0.3) is 32.3 Å².